The van der Waals surface area contributed by atoms with E-state index in [9.17, 15) is 29.4 Å². The van der Waals surface area contributed by atoms with E-state index in [1.165, 1.54) is 17.9 Å². The van der Waals surface area contributed by atoms with Gasteiger partial charge in [-0.3, -0.25) is 14.4 Å². The van der Waals surface area contributed by atoms with Crippen molar-refractivity contribution in [1.82, 2.24) is 10.2 Å². The predicted octanol–water partition coefficient (Wildman–Crippen LogP) is 2.52. The van der Waals surface area contributed by atoms with Gasteiger partial charge in [-0.25, -0.2) is 4.79 Å². The maximum atomic E-state index is 13.1. The molecule has 9 heteroatoms. The molecular formula is C24H26N2O6S. The highest BCUT2D eigenvalue weighted by Gasteiger charge is 2.42. The van der Waals surface area contributed by atoms with Crippen LogP contribution >= 0.6 is 11.8 Å². The zero-order valence-electron chi connectivity index (χ0n) is 18.1. The second-order valence-electron chi connectivity index (χ2n) is 7.81. The molecule has 3 unspecified atom stereocenters. The highest BCUT2D eigenvalue weighted by atomic mass is 32.2. The molecule has 2 amide bonds. The monoisotopic (exact) mass is 470 g/mol. The number of rotatable bonds is 8. The minimum Gasteiger partial charge on any atom is -0.508 e. The van der Waals surface area contributed by atoms with Gasteiger partial charge in [0.25, 0.3) is 0 Å². The molecule has 0 aliphatic carbocycles. The molecule has 0 saturated carbocycles. The number of hydrogen-bond acceptors (Lipinski definition) is 6. The molecule has 8 nitrogen and oxygen atoms in total. The summed E-state index contributed by atoms with van der Waals surface area (Å²) in [5, 5.41) is 21.5. The number of nitrogens with zero attached hydrogens (tertiary/aromatic N) is 1. The number of benzene rings is 2. The van der Waals surface area contributed by atoms with Gasteiger partial charge in [-0.05, 0) is 30.9 Å². The Morgan fingerprint density at radius 2 is 1.73 bits per heavy atom. The topological polar surface area (TPSA) is 124 Å². The second-order valence-corrected chi connectivity index (χ2v) is 9.19. The summed E-state index contributed by atoms with van der Waals surface area (Å²) in [6.45, 7) is 0.968. The molecule has 3 rings (SSSR count). The van der Waals surface area contributed by atoms with Crippen molar-refractivity contribution in [3.05, 3.63) is 65.7 Å². The van der Waals surface area contributed by atoms with E-state index in [0.29, 0.717) is 18.4 Å². The van der Waals surface area contributed by atoms with Crippen LogP contribution in [0.4, 0.5) is 0 Å². The Bertz CT molecular complexity index is 1030. The molecule has 1 saturated heterocycles. The lowest BCUT2D eigenvalue weighted by molar-refractivity contribution is -0.149. The first-order chi connectivity index (χ1) is 15.8. The minimum atomic E-state index is -1.14. The Morgan fingerprint density at radius 3 is 2.36 bits per heavy atom. The van der Waals surface area contributed by atoms with E-state index in [-0.39, 0.29) is 17.3 Å². The quantitative estimate of drug-likeness (QED) is 0.542. The summed E-state index contributed by atoms with van der Waals surface area (Å²) >= 11 is 0.888. The summed E-state index contributed by atoms with van der Waals surface area (Å²) in [4.78, 5) is 50.5. The smallest absolute Gasteiger partial charge is 0.326 e. The number of thioether (sulfide) groups is 1. The number of carbonyl (C=O) groups is 4. The average Bonchev–Trinajstić information content (AvgIpc) is 3.23. The van der Waals surface area contributed by atoms with E-state index in [1.54, 1.807) is 18.2 Å². The Kier molecular flexibility index (Phi) is 8.11. The van der Waals surface area contributed by atoms with Gasteiger partial charge in [0, 0.05) is 12.5 Å². The van der Waals surface area contributed by atoms with Gasteiger partial charge in [0.1, 0.15) is 11.8 Å². The summed E-state index contributed by atoms with van der Waals surface area (Å²) in [5.41, 5.74) is 1.35. The summed E-state index contributed by atoms with van der Waals surface area (Å²) in [5.74, 6) is -2.19. The van der Waals surface area contributed by atoms with Crippen LogP contribution in [0.1, 0.15) is 36.9 Å². The maximum absolute atomic E-state index is 13.1. The molecule has 0 radical (unpaired) electrons. The molecule has 3 atom stereocenters. The van der Waals surface area contributed by atoms with Gasteiger partial charge >= 0.3 is 5.97 Å². The third-order valence-electron chi connectivity index (χ3n) is 5.53. The van der Waals surface area contributed by atoms with Crippen LogP contribution in [0, 0.1) is 0 Å². The molecule has 2 aromatic rings. The SMILES string of the molecule is CC(=O)SC(Cc1ccccc1)C(=O)NCC(=O)N1C(C(=O)O)CCC1c1ccccc1O. The molecule has 1 aliphatic rings. The Morgan fingerprint density at radius 1 is 1.06 bits per heavy atom. The van der Waals surface area contributed by atoms with E-state index >= 15 is 0 Å². The second kappa shape index (κ2) is 11.0. The summed E-state index contributed by atoms with van der Waals surface area (Å²) < 4.78 is 0. The summed E-state index contributed by atoms with van der Waals surface area (Å²) in [6, 6.07) is 14.1. The van der Waals surface area contributed by atoms with Gasteiger partial charge in [-0.2, -0.15) is 0 Å². The fourth-order valence-corrected chi connectivity index (χ4v) is 4.93. The Labute approximate surface area is 196 Å². The number of phenols is 1. The van der Waals surface area contributed by atoms with E-state index in [4.69, 9.17) is 0 Å². The lowest BCUT2D eigenvalue weighted by atomic mass is 10.0. The average molecular weight is 471 g/mol. The van der Waals surface area contributed by atoms with Crippen molar-refractivity contribution in [3.63, 3.8) is 0 Å². The van der Waals surface area contributed by atoms with Crippen LogP contribution < -0.4 is 5.32 Å². The van der Waals surface area contributed by atoms with Crippen LogP contribution in [0.2, 0.25) is 0 Å². The van der Waals surface area contributed by atoms with Crippen LogP contribution in [-0.4, -0.2) is 55.8 Å². The van der Waals surface area contributed by atoms with E-state index in [0.717, 1.165) is 17.3 Å². The highest BCUT2D eigenvalue weighted by molar-refractivity contribution is 8.14. The molecule has 3 N–H and O–H groups in total. The van der Waals surface area contributed by atoms with Crippen molar-refractivity contribution in [3.8, 4) is 5.75 Å². The van der Waals surface area contributed by atoms with E-state index in [1.807, 2.05) is 30.3 Å². The number of aliphatic carboxylic acids is 1. The number of amides is 2. The Hall–Kier alpha value is -3.33. The zero-order chi connectivity index (χ0) is 24.0. The van der Waals surface area contributed by atoms with Crippen molar-refractivity contribution < 1.29 is 29.4 Å². The number of hydrogen-bond donors (Lipinski definition) is 3. The first kappa shape index (κ1) is 24.3. The number of para-hydroxylation sites is 1. The first-order valence-electron chi connectivity index (χ1n) is 10.6. The van der Waals surface area contributed by atoms with Crippen molar-refractivity contribution in [2.24, 2.45) is 0 Å². The van der Waals surface area contributed by atoms with Crippen molar-refractivity contribution in [2.45, 2.75) is 43.5 Å². The van der Waals surface area contributed by atoms with Gasteiger partial charge in [0.15, 0.2) is 5.12 Å². The number of carboxylic acids is 1. The Balaban J connectivity index is 1.72. The molecule has 33 heavy (non-hydrogen) atoms. The molecule has 1 fully saturated rings. The van der Waals surface area contributed by atoms with Gasteiger partial charge in [-0.15, -0.1) is 0 Å². The normalized spacial score (nSPS) is 18.5. The third-order valence-corrected chi connectivity index (χ3v) is 6.53. The standard InChI is InChI=1S/C24H26N2O6S/c1-15(27)33-21(13-16-7-3-2-4-8-16)23(30)25-14-22(29)26-18(11-12-19(26)24(31)32)17-9-5-6-10-20(17)28/h2-10,18-19,21,28H,11-14H2,1H3,(H,25,30)(H,31,32). The zero-order valence-corrected chi connectivity index (χ0v) is 19.0. The van der Waals surface area contributed by atoms with Crippen LogP contribution in [0.25, 0.3) is 0 Å². The number of phenolic OH excluding ortho intramolecular Hbond substituents is 1. The largest absolute Gasteiger partial charge is 0.508 e. The number of carboxylic acid groups (broad SMARTS) is 1. The highest BCUT2D eigenvalue weighted by Crippen LogP contribution is 2.39. The molecule has 0 aromatic heterocycles. The molecule has 1 heterocycles. The van der Waals surface area contributed by atoms with E-state index in [2.05, 4.69) is 5.32 Å². The van der Waals surface area contributed by atoms with E-state index < -0.39 is 41.7 Å². The van der Waals surface area contributed by atoms with Crippen LogP contribution in [-0.2, 0) is 25.6 Å². The molecule has 0 spiro atoms. The van der Waals surface area contributed by atoms with Crippen LogP contribution in [0.3, 0.4) is 0 Å². The van der Waals surface area contributed by atoms with Crippen molar-refractivity contribution in [1.29, 1.82) is 0 Å². The molecule has 2 aromatic carbocycles. The lowest BCUT2D eigenvalue weighted by Gasteiger charge is -2.29. The lowest BCUT2D eigenvalue weighted by Crippen LogP contribution is -2.47. The molecular weight excluding hydrogens is 444 g/mol. The van der Waals surface area contributed by atoms with Gasteiger partial charge < -0.3 is 20.4 Å². The fraction of sp³-hybridized carbons (Fsp3) is 0.333. The van der Waals surface area contributed by atoms with Crippen LogP contribution in [0.5, 0.6) is 5.75 Å². The summed E-state index contributed by atoms with van der Waals surface area (Å²) in [6.07, 6.45) is 0.934. The van der Waals surface area contributed by atoms with Crippen LogP contribution in [0.15, 0.2) is 54.6 Å². The van der Waals surface area contributed by atoms with Gasteiger partial charge in [0.2, 0.25) is 11.8 Å². The molecule has 1 aliphatic heterocycles. The number of carbonyl (C=O) groups excluding carboxylic acids is 3. The summed E-state index contributed by atoms with van der Waals surface area (Å²) in [7, 11) is 0. The number of nitrogens with one attached hydrogen (secondary N) is 1. The van der Waals surface area contributed by atoms with Gasteiger partial charge in [0.05, 0.1) is 17.8 Å². The predicted molar refractivity (Wildman–Crippen MR) is 124 cm³/mol. The van der Waals surface area contributed by atoms with Crippen molar-refractivity contribution in [2.75, 3.05) is 6.54 Å². The molecule has 0 bridgehead atoms. The fourth-order valence-electron chi connectivity index (χ4n) is 4.06. The third kappa shape index (κ3) is 6.13. The maximum Gasteiger partial charge on any atom is 0.326 e. The first-order valence-corrected chi connectivity index (χ1v) is 11.5. The van der Waals surface area contributed by atoms with Gasteiger partial charge in [-0.1, -0.05) is 60.3 Å². The van der Waals surface area contributed by atoms with Crippen molar-refractivity contribution >= 4 is 34.7 Å². The molecule has 174 valence electrons. The number of aromatic hydroxyl groups is 1. The minimum absolute atomic E-state index is 0.0174. The number of likely N-dealkylation sites (tertiary alicyclic amines) is 1.